The molecule has 0 spiro atoms. The topological polar surface area (TPSA) is 89.5 Å². The standard InChI is InChI=1S/C15H20O8/c1-4-5-6-9-20-15(17)22-23-21-14(16)12-10-11(18-2)7-8-13(12)19-3/h7-8,10H,4-6,9H2,1-3H3. The second-order valence-electron chi connectivity index (χ2n) is 4.39. The van der Waals surface area contributed by atoms with Crippen molar-refractivity contribution in [3.05, 3.63) is 23.8 Å². The molecule has 0 aliphatic heterocycles. The lowest BCUT2D eigenvalue weighted by Gasteiger charge is -2.08. The normalized spacial score (nSPS) is 9.87. The molecule has 128 valence electrons. The number of hydrogen-bond donors (Lipinski definition) is 0. The predicted molar refractivity (Wildman–Crippen MR) is 78.0 cm³/mol. The summed E-state index contributed by atoms with van der Waals surface area (Å²) in [6.45, 7) is 2.22. The molecule has 23 heavy (non-hydrogen) atoms. The van der Waals surface area contributed by atoms with Gasteiger partial charge < -0.3 is 14.2 Å². The number of rotatable bonds is 9. The third-order valence-corrected chi connectivity index (χ3v) is 2.81. The molecular formula is C15H20O8. The summed E-state index contributed by atoms with van der Waals surface area (Å²) in [6, 6.07) is 4.53. The van der Waals surface area contributed by atoms with Crippen LogP contribution in [-0.4, -0.2) is 33.0 Å². The second-order valence-corrected chi connectivity index (χ2v) is 4.39. The molecule has 0 N–H and O–H groups in total. The first-order valence-corrected chi connectivity index (χ1v) is 7.06. The summed E-state index contributed by atoms with van der Waals surface area (Å²) in [5.41, 5.74) is 0.0479. The minimum Gasteiger partial charge on any atom is -0.497 e. The lowest BCUT2D eigenvalue weighted by molar-refractivity contribution is -0.452. The third-order valence-electron chi connectivity index (χ3n) is 2.81. The molecule has 0 aliphatic carbocycles. The summed E-state index contributed by atoms with van der Waals surface area (Å²) >= 11 is 0. The quantitative estimate of drug-likeness (QED) is 0.296. The van der Waals surface area contributed by atoms with E-state index in [9.17, 15) is 9.59 Å². The van der Waals surface area contributed by atoms with Gasteiger partial charge in [-0.2, -0.15) is 0 Å². The first-order valence-electron chi connectivity index (χ1n) is 7.06. The Morgan fingerprint density at radius 3 is 2.48 bits per heavy atom. The maximum atomic E-state index is 11.9. The molecule has 0 heterocycles. The van der Waals surface area contributed by atoms with Gasteiger partial charge in [0.25, 0.3) is 0 Å². The molecule has 8 heteroatoms. The van der Waals surface area contributed by atoms with Gasteiger partial charge in [-0.3, -0.25) is 4.89 Å². The van der Waals surface area contributed by atoms with Crippen LogP contribution in [0.5, 0.6) is 11.5 Å². The first-order chi connectivity index (χ1) is 11.1. The summed E-state index contributed by atoms with van der Waals surface area (Å²) in [6.07, 6.45) is 1.55. The van der Waals surface area contributed by atoms with Crippen LogP contribution in [0.4, 0.5) is 4.79 Å². The molecule has 0 amide bonds. The first kappa shape index (κ1) is 18.6. The average Bonchev–Trinajstić information content (AvgIpc) is 2.58. The Morgan fingerprint density at radius 2 is 1.83 bits per heavy atom. The van der Waals surface area contributed by atoms with E-state index in [1.54, 1.807) is 6.07 Å². The molecule has 0 aromatic heterocycles. The Kier molecular flexibility index (Phi) is 8.30. The zero-order chi connectivity index (χ0) is 17.1. The summed E-state index contributed by atoms with van der Waals surface area (Å²) in [4.78, 5) is 31.5. The van der Waals surface area contributed by atoms with E-state index in [1.165, 1.54) is 26.4 Å². The van der Waals surface area contributed by atoms with Crippen LogP contribution in [0.2, 0.25) is 0 Å². The number of hydrogen-bond acceptors (Lipinski definition) is 8. The zero-order valence-corrected chi connectivity index (χ0v) is 13.3. The van der Waals surface area contributed by atoms with Gasteiger partial charge in [-0.1, -0.05) is 19.8 Å². The molecule has 0 saturated heterocycles. The van der Waals surface area contributed by atoms with Crippen LogP contribution >= 0.6 is 0 Å². The van der Waals surface area contributed by atoms with Gasteiger partial charge >= 0.3 is 12.1 Å². The van der Waals surface area contributed by atoms with Crippen LogP contribution in [-0.2, 0) is 19.6 Å². The van der Waals surface area contributed by atoms with E-state index in [4.69, 9.17) is 14.2 Å². The molecule has 0 aliphatic rings. The Bertz CT molecular complexity index is 514. The van der Waals surface area contributed by atoms with Gasteiger partial charge in [0.05, 0.1) is 25.9 Å². The van der Waals surface area contributed by atoms with Crippen molar-refractivity contribution in [2.75, 3.05) is 20.8 Å². The van der Waals surface area contributed by atoms with Crippen molar-refractivity contribution in [1.29, 1.82) is 0 Å². The van der Waals surface area contributed by atoms with E-state index in [-0.39, 0.29) is 17.9 Å². The molecule has 0 fully saturated rings. The highest BCUT2D eigenvalue weighted by molar-refractivity contribution is 5.92. The van der Waals surface area contributed by atoms with Crippen LogP contribution in [0.15, 0.2) is 18.2 Å². The molecule has 0 saturated carbocycles. The highest BCUT2D eigenvalue weighted by Crippen LogP contribution is 2.24. The van der Waals surface area contributed by atoms with Crippen molar-refractivity contribution in [3.63, 3.8) is 0 Å². The number of benzene rings is 1. The molecule has 0 atom stereocenters. The largest absolute Gasteiger partial charge is 0.543 e. The van der Waals surface area contributed by atoms with Crippen LogP contribution < -0.4 is 9.47 Å². The van der Waals surface area contributed by atoms with Gasteiger partial charge in [-0.15, -0.1) is 0 Å². The van der Waals surface area contributed by atoms with E-state index in [0.717, 1.165) is 12.8 Å². The molecule has 8 nitrogen and oxygen atoms in total. The van der Waals surface area contributed by atoms with E-state index in [2.05, 4.69) is 14.8 Å². The SMILES string of the molecule is CCCCCOC(=O)OOOC(=O)c1cc(OC)ccc1OC. The Labute approximate surface area is 134 Å². The van der Waals surface area contributed by atoms with Gasteiger partial charge in [-0.25, -0.2) is 14.5 Å². The predicted octanol–water partition coefficient (Wildman–Crippen LogP) is 3.05. The fourth-order valence-corrected chi connectivity index (χ4v) is 1.63. The Morgan fingerprint density at radius 1 is 1.04 bits per heavy atom. The highest BCUT2D eigenvalue weighted by Gasteiger charge is 2.18. The van der Waals surface area contributed by atoms with Crippen LogP contribution in [0.25, 0.3) is 0 Å². The van der Waals surface area contributed by atoms with Crippen molar-refractivity contribution in [2.45, 2.75) is 26.2 Å². The van der Waals surface area contributed by atoms with Crippen molar-refractivity contribution < 1.29 is 38.6 Å². The average molecular weight is 328 g/mol. The molecule has 0 bridgehead atoms. The van der Waals surface area contributed by atoms with Crippen LogP contribution in [0.3, 0.4) is 0 Å². The minimum absolute atomic E-state index is 0.0479. The lowest BCUT2D eigenvalue weighted by atomic mass is 10.2. The van der Waals surface area contributed by atoms with Crippen LogP contribution in [0, 0.1) is 0 Å². The summed E-state index contributed by atoms with van der Waals surface area (Å²) in [7, 11) is 2.84. The van der Waals surface area contributed by atoms with E-state index in [1.807, 2.05) is 6.92 Å². The molecule has 1 rings (SSSR count). The Balaban J connectivity index is 2.43. The van der Waals surface area contributed by atoms with Crippen molar-refractivity contribution in [2.24, 2.45) is 0 Å². The second kappa shape index (κ2) is 10.3. The fourth-order valence-electron chi connectivity index (χ4n) is 1.63. The lowest BCUT2D eigenvalue weighted by Crippen LogP contribution is -2.13. The molecule has 0 unspecified atom stereocenters. The molecule has 1 aromatic carbocycles. The summed E-state index contributed by atoms with van der Waals surface area (Å²) < 4.78 is 14.7. The Hall–Kier alpha value is -2.48. The monoisotopic (exact) mass is 328 g/mol. The summed E-state index contributed by atoms with van der Waals surface area (Å²) in [5.74, 6) is -0.241. The zero-order valence-electron chi connectivity index (χ0n) is 13.3. The number of unbranched alkanes of at least 4 members (excludes halogenated alkanes) is 2. The number of carbonyl (C=O) groups is 2. The van der Waals surface area contributed by atoms with Gasteiger partial charge in [-0.05, 0) is 24.6 Å². The van der Waals surface area contributed by atoms with E-state index >= 15 is 0 Å². The summed E-state index contributed by atoms with van der Waals surface area (Å²) in [5, 5.41) is 4.12. The smallest absolute Gasteiger partial charge is 0.497 e. The number of methoxy groups -OCH3 is 2. The van der Waals surface area contributed by atoms with Gasteiger partial charge in [0.15, 0.2) is 0 Å². The van der Waals surface area contributed by atoms with Gasteiger partial charge in [0.2, 0.25) is 0 Å². The maximum Gasteiger partial charge on any atom is 0.543 e. The maximum absolute atomic E-state index is 11.9. The van der Waals surface area contributed by atoms with Crippen molar-refractivity contribution in [3.8, 4) is 11.5 Å². The van der Waals surface area contributed by atoms with Crippen molar-refractivity contribution >= 4 is 12.1 Å². The molecule has 1 aromatic rings. The van der Waals surface area contributed by atoms with E-state index < -0.39 is 12.1 Å². The highest BCUT2D eigenvalue weighted by atomic mass is 17.5. The van der Waals surface area contributed by atoms with Gasteiger partial charge in [0.1, 0.15) is 17.1 Å². The van der Waals surface area contributed by atoms with Crippen LogP contribution in [0.1, 0.15) is 36.5 Å². The van der Waals surface area contributed by atoms with E-state index in [0.29, 0.717) is 12.2 Å². The number of ether oxygens (including phenoxy) is 3. The third kappa shape index (κ3) is 6.43. The van der Waals surface area contributed by atoms with Gasteiger partial charge in [0, 0.05) is 0 Å². The molecule has 0 radical (unpaired) electrons. The van der Waals surface area contributed by atoms with Crippen molar-refractivity contribution in [1.82, 2.24) is 0 Å². The minimum atomic E-state index is -1.09. The molecular weight excluding hydrogens is 308 g/mol. The fraction of sp³-hybridized carbons (Fsp3) is 0.467. The number of carbonyl (C=O) groups excluding carboxylic acids is 2.